The normalized spacial score (nSPS) is 15.9. The van der Waals surface area contributed by atoms with Gasteiger partial charge in [-0.1, -0.05) is 30.3 Å². The third-order valence-corrected chi connectivity index (χ3v) is 8.94. The lowest BCUT2D eigenvalue weighted by molar-refractivity contribution is -0.133. The van der Waals surface area contributed by atoms with Gasteiger partial charge in [-0.25, -0.2) is 13.4 Å². The first-order valence-corrected chi connectivity index (χ1v) is 13.6. The zero-order valence-electron chi connectivity index (χ0n) is 19.7. The van der Waals surface area contributed by atoms with Crippen LogP contribution in [0, 0.1) is 0 Å². The van der Waals surface area contributed by atoms with Crippen LogP contribution in [0.4, 0.5) is 0 Å². The van der Waals surface area contributed by atoms with Gasteiger partial charge < -0.3 is 4.74 Å². The lowest BCUT2D eigenvalue weighted by Gasteiger charge is -2.25. The molecule has 0 saturated carbocycles. The highest BCUT2D eigenvalue weighted by Gasteiger charge is 2.35. The van der Waals surface area contributed by atoms with E-state index >= 15 is 0 Å². The molecular formula is C26H24N4O4S2. The molecule has 1 unspecified atom stereocenters. The van der Waals surface area contributed by atoms with Crippen molar-refractivity contribution >= 4 is 43.8 Å². The number of amides is 1. The fraction of sp³-hybridized carbons (Fsp3) is 0.192. The molecule has 1 aliphatic heterocycles. The van der Waals surface area contributed by atoms with Crippen LogP contribution in [0.3, 0.4) is 0 Å². The third-order valence-electron chi connectivity index (χ3n) is 6.16. The molecule has 0 spiro atoms. The van der Waals surface area contributed by atoms with E-state index in [2.05, 4.69) is 10.1 Å². The number of rotatable bonds is 7. The minimum Gasteiger partial charge on any atom is -0.497 e. The molecule has 0 saturated heterocycles. The number of pyridine rings is 1. The topological polar surface area (TPSA) is 92.2 Å². The number of sulfonamides is 1. The Labute approximate surface area is 213 Å². The zero-order chi connectivity index (χ0) is 25.3. The van der Waals surface area contributed by atoms with E-state index in [0.717, 1.165) is 20.5 Å². The number of benzene rings is 2. The lowest BCUT2D eigenvalue weighted by atomic mass is 10.0. The maximum atomic E-state index is 13.5. The van der Waals surface area contributed by atoms with Crippen molar-refractivity contribution in [3.8, 4) is 5.75 Å². The molecule has 4 aromatic rings. The van der Waals surface area contributed by atoms with Crippen molar-refractivity contribution in [1.82, 2.24) is 14.3 Å². The van der Waals surface area contributed by atoms with Gasteiger partial charge in [0, 0.05) is 36.6 Å². The quantitative estimate of drug-likeness (QED) is 0.362. The van der Waals surface area contributed by atoms with Crippen LogP contribution in [0.25, 0.3) is 10.8 Å². The summed E-state index contributed by atoms with van der Waals surface area (Å²) in [6.45, 7) is -0.350. The number of hydrogen-bond donors (Lipinski definition) is 0. The average molecular weight is 521 g/mol. The Morgan fingerprint density at radius 3 is 2.67 bits per heavy atom. The van der Waals surface area contributed by atoms with Gasteiger partial charge in [0.15, 0.2) is 0 Å². The number of fused-ring (bicyclic) bond motifs is 1. The Hall–Kier alpha value is -3.60. The van der Waals surface area contributed by atoms with Crippen LogP contribution in [0.1, 0.15) is 22.9 Å². The molecule has 0 aliphatic carbocycles. The Kier molecular flexibility index (Phi) is 6.57. The number of likely N-dealkylation sites (N-methyl/N-ethyl adjacent to an activating group) is 1. The smallest absolute Gasteiger partial charge is 0.258 e. The van der Waals surface area contributed by atoms with Gasteiger partial charge >= 0.3 is 0 Å². The number of hydrogen-bond acceptors (Lipinski definition) is 7. The van der Waals surface area contributed by atoms with E-state index in [0.29, 0.717) is 22.9 Å². The van der Waals surface area contributed by atoms with E-state index in [1.165, 1.54) is 12.1 Å². The van der Waals surface area contributed by atoms with Crippen LogP contribution in [-0.2, 0) is 14.8 Å². The van der Waals surface area contributed by atoms with Gasteiger partial charge in [-0.3, -0.25) is 9.78 Å². The van der Waals surface area contributed by atoms with Crippen molar-refractivity contribution in [3.05, 3.63) is 88.9 Å². The van der Waals surface area contributed by atoms with Crippen LogP contribution in [0.15, 0.2) is 88.4 Å². The highest BCUT2D eigenvalue weighted by molar-refractivity contribution is 7.89. The molecule has 0 radical (unpaired) electrons. The van der Waals surface area contributed by atoms with Crippen LogP contribution in [0.2, 0.25) is 0 Å². The Balaban J connectivity index is 1.44. The van der Waals surface area contributed by atoms with Crippen molar-refractivity contribution < 1.29 is 17.9 Å². The number of thiophene rings is 1. The first kappa shape index (κ1) is 24.1. The fourth-order valence-corrected chi connectivity index (χ4v) is 6.30. The van der Waals surface area contributed by atoms with Gasteiger partial charge in [0.25, 0.3) is 5.91 Å². The summed E-state index contributed by atoms with van der Waals surface area (Å²) in [5, 5.41) is 9.28. The summed E-state index contributed by atoms with van der Waals surface area (Å²) < 4.78 is 33.3. The van der Waals surface area contributed by atoms with E-state index in [1.54, 1.807) is 55.1 Å². The Bertz CT molecular complexity index is 1530. The molecule has 0 bridgehead atoms. The van der Waals surface area contributed by atoms with Gasteiger partial charge in [0.05, 0.1) is 35.2 Å². The zero-order valence-corrected chi connectivity index (χ0v) is 21.4. The van der Waals surface area contributed by atoms with Crippen molar-refractivity contribution in [2.75, 3.05) is 20.7 Å². The predicted octanol–water partition coefficient (Wildman–Crippen LogP) is 4.30. The second-order valence-electron chi connectivity index (χ2n) is 8.37. The molecule has 0 N–H and O–H groups in total. The molecule has 5 rings (SSSR count). The van der Waals surface area contributed by atoms with Crippen molar-refractivity contribution in [3.63, 3.8) is 0 Å². The largest absolute Gasteiger partial charge is 0.497 e. The summed E-state index contributed by atoms with van der Waals surface area (Å²) in [4.78, 5) is 18.7. The summed E-state index contributed by atoms with van der Waals surface area (Å²) in [7, 11) is -0.932. The molecule has 1 aliphatic rings. The molecule has 36 heavy (non-hydrogen) atoms. The molecule has 2 aromatic heterocycles. The van der Waals surface area contributed by atoms with Gasteiger partial charge in [0.1, 0.15) is 5.75 Å². The summed E-state index contributed by atoms with van der Waals surface area (Å²) >= 11 is 1.55. The summed E-state index contributed by atoms with van der Waals surface area (Å²) in [6.07, 6.45) is 3.70. The Morgan fingerprint density at radius 1 is 1.14 bits per heavy atom. The van der Waals surface area contributed by atoms with Gasteiger partial charge in [-0.2, -0.15) is 9.41 Å². The van der Waals surface area contributed by atoms with E-state index in [4.69, 9.17) is 4.74 Å². The lowest BCUT2D eigenvalue weighted by Crippen LogP contribution is -2.39. The summed E-state index contributed by atoms with van der Waals surface area (Å²) in [6, 6.07) is 17.7. The number of ether oxygens (including phenoxy) is 1. The molecule has 0 fully saturated rings. The molecule has 8 nitrogen and oxygen atoms in total. The van der Waals surface area contributed by atoms with Gasteiger partial charge in [-0.15, -0.1) is 11.3 Å². The summed E-state index contributed by atoms with van der Waals surface area (Å²) in [5.74, 6) is 0.306. The number of methoxy groups -OCH3 is 1. The van der Waals surface area contributed by atoms with E-state index in [1.807, 2.05) is 41.8 Å². The molecule has 2 aromatic carbocycles. The van der Waals surface area contributed by atoms with Crippen LogP contribution >= 0.6 is 11.3 Å². The molecular weight excluding hydrogens is 496 g/mol. The van der Waals surface area contributed by atoms with E-state index in [9.17, 15) is 13.2 Å². The SMILES string of the molecule is COc1ccc(C2CC(c3cccs3)=NN2C(=O)CN(C)S(=O)(=O)c2cccc3cnccc23)cc1. The van der Waals surface area contributed by atoms with Crippen molar-refractivity contribution in [2.24, 2.45) is 5.10 Å². The standard InChI is InChI=1S/C26H24N4O4S2/c1-29(36(32,33)25-7-3-5-19-16-27-13-12-21(19)25)17-26(31)30-23(18-8-10-20(34-2)11-9-18)15-22(28-30)24-6-4-14-35-24/h3-14,16,23H,15,17H2,1-2H3. The number of hydrazone groups is 1. The van der Waals surface area contributed by atoms with Crippen LogP contribution in [0.5, 0.6) is 5.75 Å². The van der Waals surface area contributed by atoms with Gasteiger partial charge in [-0.05, 0) is 41.3 Å². The second kappa shape index (κ2) is 9.81. The fourth-order valence-electron chi connectivity index (χ4n) is 4.25. The maximum absolute atomic E-state index is 13.5. The molecule has 1 amide bonds. The molecule has 3 heterocycles. The van der Waals surface area contributed by atoms with Crippen molar-refractivity contribution in [1.29, 1.82) is 0 Å². The minimum atomic E-state index is -3.94. The van der Waals surface area contributed by atoms with Crippen LogP contribution in [-0.4, -0.2) is 55.0 Å². The molecule has 1 atom stereocenters. The minimum absolute atomic E-state index is 0.133. The Morgan fingerprint density at radius 2 is 1.94 bits per heavy atom. The van der Waals surface area contributed by atoms with E-state index < -0.39 is 15.9 Å². The number of carbonyl (C=O) groups excluding carboxylic acids is 1. The number of aromatic nitrogens is 1. The number of nitrogens with zero attached hydrogens (tertiary/aromatic N) is 4. The third kappa shape index (κ3) is 4.50. The van der Waals surface area contributed by atoms with Crippen LogP contribution < -0.4 is 4.74 Å². The summed E-state index contributed by atoms with van der Waals surface area (Å²) in [5.41, 5.74) is 1.69. The molecule has 10 heteroatoms. The first-order chi connectivity index (χ1) is 17.4. The highest BCUT2D eigenvalue weighted by atomic mass is 32.2. The molecule has 184 valence electrons. The second-order valence-corrected chi connectivity index (χ2v) is 11.3. The monoisotopic (exact) mass is 520 g/mol. The predicted molar refractivity (Wildman–Crippen MR) is 140 cm³/mol. The van der Waals surface area contributed by atoms with Gasteiger partial charge in [0.2, 0.25) is 10.0 Å². The maximum Gasteiger partial charge on any atom is 0.258 e. The average Bonchev–Trinajstić information content (AvgIpc) is 3.59. The van der Waals surface area contributed by atoms with E-state index in [-0.39, 0.29) is 17.5 Å². The first-order valence-electron chi connectivity index (χ1n) is 11.2. The number of carbonyl (C=O) groups is 1. The highest BCUT2D eigenvalue weighted by Crippen LogP contribution is 2.35. The van der Waals surface area contributed by atoms with Crippen molar-refractivity contribution in [2.45, 2.75) is 17.4 Å².